The lowest BCUT2D eigenvalue weighted by atomic mass is 10.0. The summed E-state index contributed by atoms with van der Waals surface area (Å²) >= 11 is 1.61. The molecule has 3 aromatic rings. The van der Waals surface area contributed by atoms with E-state index in [1.54, 1.807) is 16.0 Å². The minimum atomic E-state index is -0.121. The lowest BCUT2D eigenvalue weighted by Crippen LogP contribution is -2.41. The van der Waals surface area contributed by atoms with E-state index >= 15 is 0 Å². The highest BCUT2D eigenvalue weighted by atomic mass is 32.1. The van der Waals surface area contributed by atoms with Gasteiger partial charge in [-0.3, -0.25) is 9.69 Å². The van der Waals surface area contributed by atoms with Crippen molar-refractivity contribution in [2.45, 2.75) is 19.1 Å². The number of hydrogen-bond donors (Lipinski definition) is 1. The highest BCUT2D eigenvalue weighted by Crippen LogP contribution is 2.27. The maximum atomic E-state index is 12.4. The second-order valence-corrected chi connectivity index (χ2v) is 7.34. The van der Waals surface area contributed by atoms with Crippen molar-refractivity contribution in [1.29, 1.82) is 0 Å². The average Bonchev–Trinajstić information content (AvgIpc) is 3.41. The lowest BCUT2D eigenvalue weighted by molar-refractivity contribution is -0.122. The highest BCUT2D eigenvalue weighted by Gasteiger charge is 2.29. The van der Waals surface area contributed by atoms with E-state index < -0.39 is 0 Å². The first kappa shape index (κ1) is 18.7. The van der Waals surface area contributed by atoms with Crippen molar-refractivity contribution in [2.24, 2.45) is 0 Å². The number of morpholine rings is 1. The number of thiophene rings is 1. The first-order valence-corrected chi connectivity index (χ1v) is 10.2. The van der Waals surface area contributed by atoms with Gasteiger partial charge >= 0.3 is 0 Å². The Kier molecular flexibility index (Phi) is 6.05. The van der Waals surface area contributed by atoms with Gasteiger partial charge in [0.2, 0.25) is 5.91 Å². The molecule has 8 nitrogen and oxygen atoms in total. The number of benzene rings is 1. The van der Waals surface area contributed by atoms with Crippen molar-refractivity contribution in [3.05, 3.63) is 64.1 Å². The Morgan fingerprint density at radius 3 is 2.79 bits per heavy atom. The zero-order valence-corrected chi connectivity index (χ0v) is 16.2. The molecule has 0 saturated carbocycles. The van der Waals surface area contributed by atoms with Crippen LogP contribution in [0.2, 0.25) is 0 Å². The van der Waals surface area contributed by atoms with Crippen molar-refractivity contribution in [1.82, 2.24) is 30.4 Å². The number of aromatic nitrogens is 4. The summed E-state index contributed by atoms with van der Waals surface area (Å²) in [6.07, 6.45) is 0. The largest absolute Gasteiger partial charge is 0.379 e. The summed E-state index contributed by atoms with van der Waals surface area (Å²) in [4.78, 5) is 14.7. The van der Waals surface area contributed by atoms with Crippen LogP contribution in [0, 0.1) is 0 Å². The number of ether oxygens (including phenoxy) is 1. The molecule has 3 heterocycles. The lowest BCUT2D eigenvalue weighted by Gasteiger charge is -2.33. The third-order valence-electron chi connectivity index (χ3n) is 4.69. The van der Waals surface area contributed by atoms with Crippen LogP contribution in [0.5, 0.6) is 0 Å². The Morgan fingerprint density at radius 2 is 2.04 bits per heavy atom. The molecule has 0 aliphatic carbocycles. The van der Waals surface area contributed by atoms with Gasteiger partial charge in [0.15, 0.2) is 5.82 Å². The van der Waals surface area contributed by atoms with Gasteiger partial charge in [-0.15, -0.1) is 5.10 Å². The van der Waals surface area contributed by atoms with Crippen LogP contribution in [0.3, 0.4) is 0 Å². The van der Waals surface area contributed by atoms with Crippen LogP contribution < -0.4 is 5.32 Å². The van der Waals surface area contributed by atoms with Crippen LogP contribution in [-0.4, -0.2) is 57.3 Å². The molecule has 1 aliphatic rings. The molecular formula is C19H22N6O2S. The first-order chi connectivity index (χ1) is 13.8. The molecule has 0 unspecified atom stereocenters. The van der Waals surface area contributed by atoms with Gasteiger partial charge in [0.05, 0.1) is 19.3 Å². The third-order valence-corrected chi connectivity index (χ3v) is 5.43. The third kappa shape index (κ3) is 4.44. The number of carbonyl (C=O) groups excluding carboxylic acids is 1. The molecule has 0 bridgehead atoms. The summed E-state index contributed by atoms with van der Waals surface area (Å²) in [5.74, 6) is 0.548. The van der Waals surface area contributed by atoms with E-state index in [-0.39, 0.29) is 18.5 Å². The van der Waals surface area contributed by atoms with Crippen molar-refractivity contribution in [2.75, 3.05) is 26.3 Å². The molecule has 0 spiro atoms. The van der Waals surface area contributed by atoms with E-state index in [1.807, 2.05) is 35.0 Å². The molecule has 4 rings (SSSR count). The zero-order valence-electron chi connectivity index (χ0n) is 15.4. The molecule has 1 aliphatic heterocycles. The molecule has 146 valence electrons. The molecule has 0 radical (unpaired) electrons. The van der Waals surface area contributed by atoms with Gasteiger partial charge in [-0.25, -0.2) is 4.68 Å². The number of amides is 1. The van der Waals surface area contributed by atoms with Gasteiger partial charge in [0.1, 0.15) is 6.54 Å². The molecule has 1 atom stereocenters. The van der Waals surface area contributed by atoms with E-state index in [9.17, 15) is 4.79 Å². The number of carbonyl (C=O) groups is 1. The second-order valence-electron chi connectivity index (χ2n) is 6.56. The summed E-state index contributed by atoms with van der Waals surface area (Å²) < 4.78 is 7.10. The smallest absolute Gasteiger partial charge is 0.242 e. The molecule has 9 heteroatoms. The Bertz CT molecular complexity index is 877. The second kappa shape index (κ2) is 9.05. The normalized spacial score (nSPS) is 16.0. The summed E-state index contributed by atoms with van der Waals surface area (Å²) in [5, 5.41) is 19.1. The summed E-state index contributed by atoms with van der Waals surface area (Å²) in [5.41, 5.74) is 2.19. The van der Waals surface area contributed by atoms with Gasteiger partial charge in [-0.2, -0.15) is 11.3 Å². The first-order valence-electron chi connectivity index (χ1n) is 9.22. The van der Waals surface area contributed by atoms with Crippen molar-refractivity contribution in [3.63, 3.8) is 0 Å². The van der Waals surface area contributed by atoms with Crippen molar-refractivity contribution >= 4 is 17.2 Å². The van der Waals surface area contributed by atoms with Crippen molar-refractivity contribution < 1.29 is 9.53 Å². The van der Waals surface area contributed by atoms with E-state index in [4.69, 9.17) is 4.74 Å². The van der Waals surface area contributed by atoms with E-state index in [0.717, 1.165) is 24.2 Å². The molecule has 1 saturated heterocycles. The maximum absolute atomic E-state index is 12.4. The quantitative estimate of drug-likeness (QED) is 0.649. The molecule has 1 amide bonds. The molecule has 1 aromatic carbocycles. The number of tetrazole rings is 1. The Hall–Kier alpha value is -2.62. The fourth-order valence-electron chi connectivity index (χ4n) is 3.30. The van der Waals surface area contributed by atoms with Gasteiger partial charge in [0, 0.05) is 19.6 Å². The van der Waals surface area contributed by atoms with Crippen LogP contribution in [0.25, 0.3) is 0 Å². The molecule has 28 heavy (non-hydrogen) atoms. The summed E-state index contributed by atoms with van der Waals surface area (Å²) in [7, 11) is 0. The summed E-state index contributed by atoms with van der Waals surface area (Å²) in [6.45, 7) is 3.51. The van der Waals surface area contributed by atoms with Crippen LogP contribution in [0.4, 0.5) is 0 Å². The van der Waals surface area contributed by atoms with Gasteiger partial charge in [0.25, 0.3) is 0 Å². The number of hydrogen-bond acceptors (Lipinski definition) is 7. The van der Waals surface area contributed by atoms with Crippen LogP contribution in [-0.2, 0) is 22.6 Å². The summed E-state index contributed by atoms with van der Waals surface area (Å²) in [6, 6.07) is 12.0. The van der Waals surface area contributed by atoms with Crippen LogP contribution in [0.15, 0.2) is 47.2 Å². The Morgan fingerprint density at radius 1 is 1.21 bits per heavy atom. The molecular weight excluding hydrogens is 376 g/mol. The Labute approximate surface area is 167 Å². The van der Waals surface area contributed by atoms with E-state index in [1.165, 1.54) is 0 Å². The van der Waals surface area contributed by atoms with Crippen molar-refractivity contribution in [3.8, 4) is 0 Å². The van der Waals surface area contributed by atoms with Crippen LogP contribution >= 0.6 is 11.3 Å². The van der Waals surface area contributed by atoms with Gasteiger partial charge in [-0.05, 0) is 38.4 Å². The fraction of sp³-hybridized carbons (Fsp3) is 0.368. The maximum Gasteiger partial charge on any atom is 0.242 e. The minimum Gasteiger partial charge on any atom is -0.379 e. The Balaban J connectivity index is 1.52. The predicted octanol–water partition coefficient (Wildman–Crippen LogP) is 1.47. The predicted molar refractivity (Wildman–Crippen MR) is 105 cm³/mol. The SMILES string of the molecule is O=C(Cn1nnnc1[C@H](c1ccccc1)N1CCOCC1)NCc1ccsc1. The highest BCUT2D eigenvalue weighted by molar-refractivity contribution is 7.07. The van der Waals surface area contributed by atoms with Gasteiger partial charge < -0.3 is 10.1 Å². The number of nitrogens with one attached hydrogen (secondary N) is 1. The molecule has 1 N–H and O–H groups in total. The van der Waals surface area contributed by atoms with E-state index in [2.05, 4.69) is 37.9 Å². The monoisotopic (exact) mass is 398 g/mol. The molecule has 2 aromatic heterocycles. The number of rotatable bonds is 7. The average molecular weight is 398 g/mol. The van der Waals surface area contributed by atoms with Gasteiger partial charge in [-0.1, -0.05) is 30.3 Å². The topological polar surface area (TPSA) is 85.2 Å². The molecule has 1 fully saturated rings. The fourth-order valence-corrected chi connectivity index (χ4v) is 3.97. The van der Waals surface area contributed by atoms with Crippen LogP contribution in [0.1, 0.15) is 23.0 Å². The standard InChI is InChI=1S/C19H22N6O2S/c26-17(20-12-15-6-11-28-14-15)13-25-19(21-22-23-25)18(16-4-2-1-3-5-16)24-7-9-27-10-8-24/h1-6,11,14,18H,7-10,12-13H2,(H,20,26)/t18-/m0/s1. The minimum absolute atomic E-state index is 0.0835. The zero-order chi connectivity index (χ0) is 19.2. The van der Waals surface area contributed by atoms with E-state index in [0.29, 0.717) is 25.6 Å². The number of nitrogens with zero attached hydrogens (tertiary/aromatic N) is 5.